The van der Waals surface area contributed by atoms with Crippen LogP contribution in [0.2, 0.25) is 0 Å². The monoisotopic (exact) mass is 444 g/mol. The van der Waals surface area contributed by atoms with E-state index < -0.39 is 60.2 Å². The van der Waals surface area contributed by atoms with Gasteiger partial charge >= 0.3 is 11.9 Å². The lowest BCUT2D eigenvalue weighted by Crippen LogP contribution is -2.58. The van der Waals surface area contributed by atoms with E-state index in [1.54, 1.807) is 0 Å². The standard InChI is InChI=1S/C16H24N6O7S/c1-7(16(28)29)20-14(26)10(2-8-4-18-6-19-8)21-15(27)11(5-30)22-13(25)9(17)3-12(23)24/h4,6-7,9-11,30H,2-3,5,17H2,1H3,(H,18,19)(H,20,26)(H,21,27)(H,22,25)(H,23,24)(H,28,29). The van der Waals surface area contributed by atoms with Crippen LogP contribution >= 0.6 is 12.6 Å². The van der Waals surface area contributed by atoms with E-state index in [0.717, 1.165) is 0 Å². The summed E-state index contributed by atoms with van der Waals surface area (Å²) < 4.78 is 0. The molecule has 14 heteroatoms. The summed E-state index contributed by atoms with van der Waals surface area (Å²) in [6, 6.07) is -4.98. The van der Waals surface area contributed by atoms with Crippen LogP contribution in [0.5, 0.6) is 0 Å². The Labute approximate surface area is 176 Å². The molecule has 1 rings (SSSR count). The smallest absolute Gasteiger partial charge is 0.325 e. The van der Waals surface area contributed by atoms with Gasteiger partial charge in [0, 0.05) is 24.1 Å². The highest BCUT2D eigenvalue weighted by atomic mass is 32.1. The Kier molecular flexibility index (Phi) is 9.77. The third-order valence-electron chi connectivity index (χ3n) is 3.89. The zero-order valence-electron chi connectivity index (χ0n) is 16.0. The van der Waals surface area contributed by atoms with Crippen molar-refractivity contribution in [2.75, 3.05) is 5.75 Å². The number of nitrogens with zero attached hydrogens (tertiary/aromatic N) is 1. The van der Waals surface area contributed by atoms with Gasteiger partial charge in [-0.15, -0.1) is 0 Å². The predicted octanol–water partition coefficient (Wildman–Crippen LogP) is -2.76. The maximum Gasteiger partial charge on any atom is 0.325 e. The Morgan fingerprint density at radius 2 is 1.70 bits per heavy atom. The topological polar surface area (TPSA) is 217 Å². The second kappa shape index (κ2) is 11.8. The third-order valence-corrected chi connectivity index (χ3v) is 4.25. The normalized spacial score (nSPS) is 14.6. The molecule has 0 saturated carbocycles. The number of nitrogens with two attached hydrogens (primary N) is 1. The van der Waals surface area contributed by atoms with Crippen molar-refractivity contribution in [2.24, 2.45) is 5.73 Å². The fraction of sp³-hybridized carbons (Fsp3) is 0.500. The molecule has 0 bridgehead atoms. The first kappa shape index (κ1) is 24.9. The fourth-order valence-corrected chi connectivity index (χ4v) is 2.48. The van der Waals surface area contributed by atoms with Crippen molar-refractivity contribution in [1.82, 2.24) is 25.9 Å². The molecule has 1 aromatic heterocycles. The molecule has 0 aliphatic rings. The number of carbonyl (C=O) groups is 5. The second-order valence-electron chi connectivity index (χ2n) is 6.36. The van der Waals surface area contributed by atoms with Crippen molar-refractivity contribution in [3.63, 3.8) is 0 Å². The third kappa shape index (κ3) is 8.08. The van der Waals surface area contributed by atoms with Crippen molar-refractivity contribution in [2.45, 2.75) is 43.9 Å². The van der Waals surface area contributed by atoms with E-state index in [4.69, 9.17) is 15.9 Å². The van der Waals surface area contributed by atoms with Crippen LogP contribution in [-0.2, 0) is 30.4 Å². The number of carboxylic acid groups (broad SMARTS) is 2. The van der Waals surface area contributed by atoms with E-state index in [-0.39, 0.29) is 12.2 Å². The summed E-state index contributed by atoms with van der Waals surface area (Å²) in [5.74, 6) is -5.14. The van der Waals surface area contributed by atoms with Gasteiger partial charge in [0.2, 0.25) is 17.7 Å². The van der Waals surface area contributed by atoms with E-state index in [1.807, 2.05) is 0 Å². The van der Waals surface area contributed by atoms with Gasteiger partial charge < -0.3 is 36.9 Å². The number of aromatic nitrogens is 2. The van der Waals surface area contributed by atoms with Crippen molar-refractivity contribution >= 4 is 42.3 Å². The molecular formula is C16H24N6O7S. The average molecular weight is 444 g/mol. The van der Waals surface area contributed by atoms with Gasteiger partial charge in [0.25, 0.3) is 0 Å². The SMILES string of the molecule is CC(NC(=O)C(Cc1cnc[nH]1)NC(=O)C(CS)NC(=O)C(N)CC(=O)O)C(=O)O. The van der Waals surface area contributed by atoms with Crippen LogP contribution in [0, 0.1) is 0 Å². The molecular weight excluding hydrogens is 420 g/mol. The molecule has 166 valence electrons. The minimum absolute atomic E-state index is 0.0321. The van der Waals surface area contributed by atoms with Gasteiger partial charge in [-0.2, -0.15) is 12.6 Å². The highest BCUT2D eigenvalue weighted by molar-refractivity contribution is 7.80. The Morgan fingerprint density at radius 1 is 1.10 bits per heavy atom. The quantitative estimate of drug-likeness (QED) is 0.156. The number of aliphatic carboxylic acids is 2. The van der Waals surface area contributed by atoms with E-state index in [0.29, 0.717) is 5.69 Å². The molecule has 0 spiro atoms. The zero-order chi connectivity index (χ0) is 22.8. The summed E-state index contributed by atoms with van der Waals surface area (Å²) in [4.78, 5) is 65.2. The second-order valence-corrected chi connectivity index (χ2v) is 6.72. The van der Waals surface area contributed by atoms with Gasteiger partial charge in [-0.25, -0.2) is 4.98 Å². The van der Waals surface area contributed by atoms with Gasteiger partial charge in [0.15, 0.2) is 0 Å². The molecule has 0 radical (unpaired) electrons. The molecule has 0 saturated heterocycles. The molecule has 0 aliphatic carbocycles. The summed E-state index contributed by atoms with van der Waals surface area (Å²) in [7, 11) is 0. The Balaban J connectivity index is 2.87. The molecule has 30 heavy (non-hydrogen) atoms. The number of nitrogens with one attached hydrogen (secondary N) is 4. The van der Waals surface area contributed by atoms with Gasteiger partial charge in [-0.05, 0) is 6.92 Å². The van der Waals surface area contributed by atoms with E-state index in [2.05, 4.69) is 38.5 Å². The number of carboxylic acids is 2. The highest BCUT2D eigenvalue weighted by Gasteiger charge is 2.29. The molecule has 4 atom stereocenters. The number of carbonyl (C=O) groups excluding carboxylic acids is 3. The lowest BCUT2D eigenvalue weighted by molar-refractivity contribution is -0.141. The van der Waals surface area contributed by atoms with Gasteiger partial charge in [0.05, 0.1) is 18.8 Å². The number of hydrogen-bond acceptors (Lipinski definition) is 8. The minimum atomic E-state index is -1.38. The molecule has 0 fully saturated rings. The van der Waals surface area contributed by atoms with Crippen LogP contribution in [0.25, 0.3) is 0 Å². The molecule has 4 unspecified atom stereocenters. The van der Waals surface area contributed by atoms with Gasteiger partial charge in [-0.3, -0.25) is 24.0 Å². The molecule has 3 amide bonds. The fourth-order valence-electron chi connectivity index (χ4n) is 2.23. The van der Waals surface area contributed by atoms with Crippen LogP contribution in [0.3, 0.4) is 0 Å². The molecule has 1 aromatic rings. The van der Waals surface area contributed by atoms with Crippen LogP contribution in [0.15, 0.2) is 12.5 Å². The van der Waals surface area contributed by atoms with E-state index in [1.165, 1.54) is 19.4 Å². The Hall–Kier alpha value is -3.13. The lowest BCUT2D eigenvalue weighted by atomic mass is 10.1. The van der Waals surface area contributed by atoms with Gasteiger partial charge in [0.1, 0.15) is 18.1 Å². The number of hydrogen-bond donors (Lipinski definition) is 8. The molecule has 0 aliphatic heterocycles. The summed E-state index contributed by atoms with van der Waals surface area (Å²) in [6.45, 7) is 1.26. The molecule has 1 heterocycles. The first-order valence-corrected chi connectivity index (χ1v) is 9.37. The summed E-state index contributed by atoms with van der Waals surface area (Å²) in [5, 5.41) is 24.6. The van der Waals surface area contributed by atoms with Crippen LogP contribution in [-0.4, -0.2) is 79.8 Å². The van der Waals surface area contributed by atoms with E-state index in [9.17, 15) is 24.0 Å². The number of amides is 3. The first-order chi connectivity index (χ1) is 14.0. The summed E-state index contributed by atoms with van der Waals surface area (Å²) in [6.07, 6.45) is 2.13. The number of H-pyrrole nitrogens is 1. The Bertz CT molecular complexity index is 772. The number of thiol groups is 1. The van der Waals surface area contributed by atoms with Crippen molar-refractivity contribution < 1.29 is 34.2 Å². The predicted molar refractivity (Wildman–Crippen MR) is 105 cm³/mol. The van der Waals surface area contributed by atoms with Crippen molar-refractivity contribution in [3.05, 3.63) is 18.2 Å². The van der Waals surface area contributed by atoms with E-state index >= 15 is 0 Å². The largest absolute Gasteiger partial charge is 0.481 e. The molecule has 0 aromatic carbocycles. The average Bonchev–Trinajstić information content (AvgIpc) is 3.17. The highest BCUT2D eigenvalue weighted by Crippen LogP contribution is 2.02. The minimum Gasteiger partial charge on any atom is -0.481 e. The number of rotatable bonds is 12. The zero-order valence-corrected chi connectivity index (χ0v) is 16.9. The maximum absolute atomic E-state index is 12.6. The maximum atomic E-state index is 12.6. The first-order valence-electron chi connectivity index (χ1n) is 8.74. The van der Waals surface area contributed by atoms with Crippen LogP contribution in [0.1, 0.15) is 19.0 Å². The van der Waals surface area contributed by atoms with Crippen LogP contribution in [0.4, 0.5) is 0 Å². The van der Waals surface area contributed by atoms with Gasteiger partial charge in [-0.1, -0.05) is 0 Å². The lowest BCUT2D eigenvalue weighted by Gasteiger charge is -2.23. The number of aromatic amines is 1. The van der Waals surface area contributed by atoms with Crippen molar-refractivity contribution in [3.8, 4) is 0 Å². The molecule has 13 nitrogen and oxygen atoms in total. The summed E-state index contributed by atoms with van der Waals surface area (Å²) in [5.41, 5.74) is 5.96. The Morgan fingerprint density at radius 3 is 2.20 bits per heavy atom. The molecule has 8 N–H and O–H groups in total. The summed E-state index contributed by atoms with van der Waals surface area (Å²) >= 11 is 3.99. The number of imidazole rings is 1. The van der Waals surface area contributed by atoms with Crippen molar-refractivity contribution in [1.29, 1.82) is 0 Å². The van der Waals surface area contributed by atoms with Crippen LogP contribution < -0.4 is 21.7 Å².